The minimum atomic E-state index is -0.529. The van der Waals surface area contributed by atoms with Gasteiger partial charge in [0.05, 0.1) is 6.10 Å². The molecule has 0 spiro atoms. The van der Waals surface area contributed by atoms with Crippen LogP contribution in [-0.4, -0.2) is 18.2 Å². The van der Waals surface area contributed by atoms with E-state index in [-0.39, 0.29) is 12.1 Å². The lowest BCUT2D eigenvalue weighted by Crippen LogP contribution is -2.20. The van der Waals surface area contributed by atoms with Crippen LogP contribution in [0.5, 0.6) is 0 Å². The predicted molar refractivity (Wildman–Crippen MR) is 95.5 cm³/mol. The number of ether oxygens (including phenoxy) is 1. The molecule has 0 saturated carbocycles. The third-order valence-electron chi connectivity index (χ3n) is 3.11. The molecule has 0 unspecified atom stereocenters. The van der Waals surface area contributed by atoms with Crippen LogP contribution in [0.3, 0.4) is 0 Å². The zero-order chi connectivity index (χ0) is 17.5. The molecule has 3 N–H and O–H groups in total. The Morgan fingerprint density at radius 3 is 2.25 bits per heavy atom. The second kappa shape index (κ2) is 8.01. The summed E-state index contributed by atoms with van der Waals surface area (Å²) in [6.45, 7) is 5.41. The highest BCUT2D eigenvalue weighted by molar-refractivity contribution is 6.00. The predicted octanol–water partition coefficient (Wildman–Crippen LogP) is 4.60. The number of rotatable bonds is 4. The molecular weight excluding hydrogens is 306 g/mol. The Balaban J connectivity index is 2.02. The molecule has 0 heterocycles. The molecule has 0 bridgehead atoms. The van der Waals surface area contributed by atoms with E-state index in [1.807, 2.05) is 31.2 Å². The molecule has 0 fully saturated rings. The second-order valence-electron chi connectivity index (χ2n) is 5.55. The van der Waals surface area contributed by atoms with Crippen molar-refractivity contribution >= 4 is 29.2 Å². The van der Waals surface area contributed by atoms with E-state index in [0.29, 0.717) is 17.1 Å². The molecule has 2 aromatic rings. The Morgan fingerprint density at radius 1 is 0.917 bits per heavy atom. The molecule has 6 nitrogen and oxygen atoms in total. The number of urea groups is 1. The van der Waals surface area contributed by atoms with Crippen LogP contribution < -0.4 is 16.0 Å². The molecule has 3 amide bonds. The third kappa shape index (κ3) is 5.31. The number of nitrogens with one attached hydrogen (secondary N) is 3. The molecule has 6 heteroatoms. The SMILES string of the molecule is Cc1ccc(NC(=O)Nc2ccccc2)cc1NC(=O)OC(C)C. The summed E-state index contributed by atoms with van der Waals surface area (Å²) in [5.74, 6) is 0. The normalized spacial score (nSPS) is 10.2. The highest BCUT2D eigenvalue weighted by Crippen LogP contribution is 2.21. The lowest BCUT2D eigenvalue weighted by molar-refractivity contribution is 0.130. The van der Waals surface area contributed by atoms with E-state index in [2.05, 4.69) is 16.0 Å². The molecule has 0 radical (unpaired) electrons. The van der Waals surface area contributed by atoms with Gasteiger partial charge in [-0.3, -0.25) is 5.32 Å². The van der Waals surface area contributed by atoms with Gasteiger partial charge in [0.15, 0.2) is 0 Å². The van der Waals surface area contributed by atoms with E-state index in [1.165, 1.54) is 0 Å². The quantitative estimate of drug-likeness (QED) is 0.768. The van der Waals surface area contributed by atoms with E-state index in [1.54, 1.807) is 38.1 Å². The number of hydrogen-bond donors (Lipinski definition) is 3. The third-order valence-corrected chi connectivity index (χ3v) is 3.11. The molecule has 24 heavy (non-hydrogen) atoms. The Morgan fingerprint density at radius 2 is 1.58 bits per heavy atom. The van der Waals surface area contributed by atoms with Crippen molar-refractivity contribution in [3.63, 3.8) is 0 Å². The number of benzene rings is 2. The Kier molecular flexibility index (Phi) is 5.78. The largest absolute Gasteiger partial charge is 0.447 e. The van der Waals surface area contributed by atoms with Gasteiger partial charge in [0.2, 0.25) is 0 Å². The summed E-state index contributed by atoms with van der Waals surface area (Å²) in [5.41, 5.74) is 2.71. The number of hydrogen-bond acceptors (Lipinski definition) is 3. The number of anilines is 3. The molecule has 2 aromatic carbocycles. The van der Waals surface area contributed by atoms with Crippen LogP contribution in [-0.2, 0) is 4.74 Å². The van der Waals surface area contributed by atoms with Crippen LogP contribution in [0.1, 0.15) is 19.4 Å². The van der Waals surface area contributed by atoms with Crippen LogP contribution >= 0.6 is 0 Å². The lowest BCUT2D eigenvalue weighted by atomic mass is 10.2. The number of carbonyl (C=O) groups is 2. The van der Waals surface area contributed by atoms with Crippen molar-refractivity contribution < 1.29 is 14.3 Å². The zero-order valence-corrected chi connectivity index (χ0v) is 13.9. The van der Waals surface area contributed by atoms with E-state index < -0.39 is 6.09 Å². The topological polar surface area (TPSA) is 79.5 Å². The summed E-state index contributed by atoms with van der Waals surface area (Å²) in [7, 11) is 0. The summed E-state index contributed by atoms with van der Waals surface area (Å²) in [6, 6.07) is 14.0. The fourth-order valence-corrected chi connectivity index (χ4v) is 2.00. The molecule has 0 aromatic heterocycles. The van der Waals surface area contributed by atoms with E-state index in [0.717, 1.165) is 5.56 Å². The summed E-state index contributed by atoms with van der Waals surface area (Å²) >= 11 is 0. The number of carbonyl (C=O) groups excluding carboxylic acids is 2. The van der Waals surface area contributed by atoms with Gasteiger partial charge in [0.25, 0.3) is 0 Å². The molecule has 0 aliphatic rings. The minimum absolute atomic E-state index is 0.205. The fourth-order valence-electron chi connectivity index (χ4n) is 2.00. The van der Waals surface area contributed by atoms with Gasteiger partial charge in [-0.15, -0.1) is 0 Å². The monoisotopic (exact) mass is 327 g/mol. The van der Waals surface area contributed by atoms with Crippen LogP contribution in [0.15, 0.2) is 48.5 Å². The summed E-state index contributed by atoms with van der Waals surface area (Å²) in [5, 5.41) is 8.13. The number of aryl methyl sites for hydroxylation is 1. The van der Waals surface area contributed by atoms with E-state index >= 15 is 0 Å². The summed E-state index contributed by atoms with van der Waals surface area (Å²) < 4.78 is 5.06. The van der Waals surface area contributed by atoms with Crippen molar-refractivity contribution in [2.24, 2.45) is 0 Å². The van der Waals surface area contributed by atoms with Gasteiger partial charge in [-0.2, -0.15) is 0 Å². The first-order valence-electron chi connectivity index (χ1n) is 7.65. The number of para-hydroxylation sites is 1. The average Bonchev–Trinajstić information content (AvgIpc) is 2.50. The van der Waals surface area contributed by atoms with Crippen molar-refractivity contribution in [1.82, 2.24) is 0 Å². The van der Waals surface area contributed by atoms with Crippen molar-refractivity contribution in [1.29, 1.82) is 0 Å². The fraction of sp³-hybridized carbons (Fsp3) is 0.222. The van der Waals surface area contributed by atoms with E-state index in [4.69, 9.17) is 4.74 Å². The molecule has 0 atom stereocenters. The Hall–Kier alpha value is -3.02. The summed E-state index contributed by atoms with van der Waals surface area (Å²) in [4.78, 5) is 23.7. The smallest absolute Gasteiger partial charge is 0.411 e. The summed E-state index contributed by atoms with van der Waals surface area (Å²) in [6.07, 6.45) is -0.734. The maximum Gasteiger partial charge on any atom is 0.411 e. The lowest BCUT2D eigenvalue weighted by Gasteiger charge is -2.13. The Labute approximate surface area is 141 Å². The van der Waals surface area contributed by atoms with Gasteiger partial charge in [0, 0.05) is 17.1 Å². The van der Waals surface area contributed by atoms with Gasteiger partial charge >= 0.3 is 12.1 Å². The molecular formula is C18H21N3O3. The van der Waals surface area contributed by atoms with Crippen LogP contribution in [0.4, 0.5) is 26.7 Å². The second-order valence-corrected chi connectivity index (χ2v) is 5.55. The van der Waals surface area contributed by atoms with Crippen LogP contribution in [0, 0.1) is 6.92 Å². The first-order valence-corrected chi connectivity index (χ1v) is 7.65. The van der Waals surface area contributed by atoms with Crippen molar-refractivity contribution in [3.8, 4) is 0 Å². The van der Waals surface area contributed by atoms with Gasteiger partial charge in [0.1, 0.15) is 0 Å². The highest BCUT2D eigenvalue weighted by atomic mass is 16.6. The van der Waals surface area contributed by atoms with Gasteiger partial charge in [-0.1, -0.05) is 24.3 Å². The molecule has 0 aliphatic heterocycles. The zero-order valence-electron chi connectivity index (χ0n) is 13.9. The molecule has 0 saturated heterocycles. The van der Waals surface area contributed by atoms with Crippen LogP contribution in [0.2, 0.25) is 0 Å². The number of amides is 3. The van der Waals surface area contributed by atoms with E-state index in [9.17, 15) is 9.59 Å². The first-order chi connectivity index (χ1) is 11.4. The Bertz CT molecular complexity index is 715. The standard InChI is InChI=1S/C18H21N3O3/c1-12(2)24-18(23)21-16-11-15(10-9-13(16)3)20-17(22)19-14-7-5-4-6-8-14/h4-12H,1-3H3,(H,21,23)(H2,19,20,22). The van der Waals surface area contributed by atoms with Crippen molar-refractivity contribution in [2.45, 2.75) is 26.9 Å². The molecule has 0 aliphatic carbocycles. The van der Waals surface area contributed by atoms with Gasteiger partial charge in [-0.25, -0.2) is 9.59 Å². The van der Waals surface area contributed by atoms with Gasteiger partial charge < -0.3 is 15.4 Å². The van der Waals surface area contributed by atoms with Crippen molar-refractivity contribution in [2.75, 3.05) is 16.0 Å². The maximum atomic E-state index is 12.0. The van der Waals surface area contributed by atoms with Crippen LogP contribution in [0.25, 0.3) is 0 Å². The molecule has 126 valence electrons. The van der Waals surface area contributed by atoms with Crippen molar-refractivity contribution in [3.05, 3.63) is 54.1 Å². The highest BCUT2D eigenvalue weighted by Gasteiger charge is 2.09. The first kappa shape index (κ1) is 17.3. The van der Waals surface area contributed by atoms with Gasteiger partial charge in [-0.05, 0) is 50.6 Å². The molecule has 2 rings (SSSR count). The maximum absolute atomic E-state index is 12.0. The average molecular weight is 327 g/mol. The minimum Gasteiger partial charge on any atom is -0.447 e.